The van der Waals surface area contributed by atoms with E-state index in [-0.39, 0.29) is 12.5 Å². The molecule has 104 valence electrons. The zero-order valence-electron chi connectivity index (χ0n) is 11.1. The summed E-state index contributed by atoms with van der Waals surface area (Å²) in [5.74, 6) is -0.778. The molecule has 0 aliphatic carbocycles. The molecule has 1 aromatic carbocycles. The van der Waals surface area contributed by atoms with E-state index in [1.807, 2.05) is 19.1 Å². The molecule has 0 bridgehead atoms. The van der Waals surface area contributed by atoms with E-state index >= 15 is 0 Å². The molecule has 0 heterocycles. The van der Waals surface area contributed by atoms with Crippen molar-refractivity contribution in [3.8, 4) is 0 Å². The van der Waals surface area contributed by atoms with Crippen LogP contribution >= 0.6 is 11.6 Å². The molecule has 19 heavy (non-hydrogen) atoms. The molecule has 0 saturated heterocycles. The zero-order valence-corrected chi connectivity index (χ0v) is 11.9. The molecule has 0 saturated carbocycles. The lowest BCUT2D eigenvalue weighted by Gasteiger charge is -2.17. The number of aryl methyl sites for hydroxylation is 1. The highest BCUT2D eigenvalue weighted by Gasteiger charge is 2.19. The Bertz CT molecular complexity index is 477. The van der Waals surface area contributed by atoms with Gasteiger partial charge in [0.1, 0.15) is 6.04 Å². The number of halogens is 1. The third-order valence-corrected chi connectivity index (χ3v) is 2.78. The molecule has 0 aliphatic heterocycles. The van der Waals surface area contributed by atoms with Crippen molar-refractivity contribution in [1.82, 2.24) is 5.32 Å². The predicted octanol–water partition coefficient (Wildman–Crippen LogP) is 1.74. The molecule has 0 fully saturated rings. The molecule has 0 spiro atoms. The number of nitrogens with one attached hydrogen (secondary N) is 2. The van der Waals surface area contributed by atoms with Crippen LogP contribution < -0.4 is 10.6 Å². The fourth-order valence-electron chi connectivity index (χ4n) is 1.62. The van der Waals surface area contributed by atoms with Crippen LogP contribution in [0.15, 0.2) is 18.2 Å². The molecule has 0 aliphatic rings. The first-order valence-corrected chi connectivity index (χ1v) is 6.16. The van der Waals surface area contributed by atoms with Gasteiger partial charge in [-0.05, 0) is 30.7 Å². The summed E-state index contributed by atoms with van der Waals surface area (Å²) in [5, 5.41) is 6.26. The molecule has 1 atom stereocenters. The zero-order chi connectivity index (χ0) is 14.4. The highest BCUT2D eigenvalue weighted by molar-refractivity contribution is 6.30. The van der Waals surface area contributed by atoms with E-state index in [2.05, 4.69) is 15.4 Å². The normalized spacial score (nSPS) is 11.6. The molecule has 2 N–H and O–H groups in total. The van der Waals surface area contributed by atoms with Gasteiger partial charge in [-0.15, -0.1) is 0 Å². The minimum atomic E-state index is -0.724. The molecule has 0 aromatic heterocycles. The van der Waals surface area contributed by atoms with Crippen LogP contribution in [-0.4, -0.2) is 31.6 Å². The number of methoxy groups -OCH3 is 1. The van der Waals surface area contributed by atoms with Gasteiger partial charge in [-0.1, -0.05) is 11.6 Å². The molecule has 1 unspecified atom stereocenters. The Morgan fingerprint density at radius 3 is 2.63 bits per heavy atom. The van der Waals surface area contributed by atoms with Crippen molar-refractivity contribution in [3.05, 3.63) is 28.8 Å². The minimum absolute atomic E-state index is 0.245. The highest BCUT2D eigenvalue weighted by Crippen LogP contribution is 2.19. The van der Waals surface area contributed by atoms with Crippen LogP contribution in [0.3, 0.4) is 0 Å². The van der Waals surface area contributed by atoms with E-state index in [1.165, 1.54) is 14.0 Å². The van der Waals surface area contributed by atoms with Gasteiger partial charge in [0.15, 0.2) is 0 Å². The minimum Gasteiger partial charge on any atom is -0.467 e. The van der Waals surface area contributed by atoms with Gasteiger partial charge in [-0.2, -0.15) is 0 Å². The number of carbonyl (C=O) groups is 2. The van der Waals surface area contributed by atoms with Crippen molar-refractivity contribution in [2.45, 2.75) is 19.9 Å². The second-order valence-corrected chi connectivity index (χ2v) is 4.55. The Hall–Kier alpha value is -1.75. The van der Waals surface area contributed by atoms with E-state index in [9.17, 15) is 9.59 Å². The van der Waals surface area contributed by atoms with Gasteiger partial charge in [0.25, 0.3) is 0 Å². The number of anilines is 1. The number of esters is 1. The van der Waals surface area contributed by atoms with Crippen LogP contribution in [0, 0.1) is 6.92 Å². The first kappa shape index (κ1) is 15.3. The largest absolute Gasteiger partial charge is 0.467 e. The third-order valence-electron chi connectivity index (χ3n) is 2.55. The summed E-state index contributed by atoms with van der Waals surface area (Å²) < 4.78 is 4.64. The van der Waals surface area contributed by atoms with Gasteiger partial charge >= 0.3 is 5.97 Å². The van der Waals surface area contributed by atoms with Crippen molar-refractivity contribution in [2.24, 2.45) is 0 Å². The Balaban J connectivity index is 2.70. The van der Waals surface area contributed by atoms with Crippen molar-refractivity contribution < 1.29 is 14.3 Å². The van der Waals surface area contributed by atoms with Gasteiger partial charge in [-0.25, -0.2) is 4.79 Å². The average molecular weight is 285 g/mol. The fourth-order valence-corrected chi connectivity index (χ4v) is 1.85. The Morgan fingerprint density at radius 1 is 1.42 bits per heavy atom. The standard InChI is InChI=1S/C13H17ClN2O3/c1-8-6-10(14)4-5-11(8)15-7-12(13(18)19-3)16-9(2)17/h4-6,12,15H,7H2,1-3H3,(H,16,17). The summed E-state index contributed by atoms with van der Waals surface area (Å²) in [7, 11) is 1.28. The van der Waals surface area contributed by atoms with Crippen LogP contribution in [0.2, 0.25) is 5.02 Å². The molecule has 1 rings (SSSR count). The summed E-state index contributed by atoms with van der Waals surface area (Å²) in [6.07, 6.45) is 0. The number of amides is 1. The summed E-state index contributed by atoms with van der Waals surface area (Å²) in [5.41, 5.74) is 1.81. The highest BCUT2D eigenvalue weighted by atomic mass is 35.5. The van der Waals surface area contributed by atoms with Gasteiger partial charge in [-0.3, -0.25) is 4.79 Å². The molecule has 1 amide bonds. The van der Waals surface area contributed by atoms with Crippen LogP contribution in [0.1, 0.15) is 12.5 Å². The number of ether oxygens (including phenoxy) is 1. The summed E-state index contributed by atoms with van der Waals surface area (Å²) in [4.78, 5) is 22.5. The van der Waals surface area contributed by atoms with Crippen molar-refractivity contribution in [2.75, 3.05) is 19.0 Å². The van der Waals surface area contributed by atoms with Crippen LogP contribution in [0.5, 0.6) is 0 Å². The monoisotopic (exact) mass is 284 g/mol. The average Bonchev–Trinajstić information content (AvgIpc) is 2.34. The molecular weight excluding hydrogens is 268 g/mol. The SMILES string of the molecule is COC(=O)C(CNc1ccc(Cl)cc1C)NC(C)=O. The van der Waals surface area contributed by atoms with Crippen molar-refractivity contribution in [1.29, 1.82) is 0 Å². The molecule has 6 heteroatoms. The maximum Gasteiger partial charge on any atom is 0.330 e. The molecule has 1 aromatic rings. The van der Waals surface area contributed by atoms with Gasteiger partial charge in [0.05, 0.1) is 7.11 Å². The Labute approximate surface area is 117 Å². The first-order chi connectivity index (χ1) is 8.93. The Kier molecular flexibility index (Phi) is 5.63. The van der Waals surface area contributed by atoms with Gasteiger partial charge in [0, 0.05) is 24.2 Å². The molecule has 0 radical (unpaired) electrons. The molecule has 5 nitrogen and oxygen atoms in total. The smallest absolute Gasteiger partial charge is 0.330 e. The van der Waals surface area contributed by atoms with Crippen LogP contribution in [0.25, 0.3) is 0 Å². The third kappa shape index (κ3) is 4.79. The number of hydrogen-bond acceptors (Lipinski definition) is 4. The quantitative estimate of drug-likeness (QED) is 0.808. The second-order valence-electron chi connectivity index (χ2n) is 4.12. The summed E-state index contributed by atoms with van der Waals surface area (Å²) >= 11 is 5.86. The predicted molar refractivity (Wildman–Crippen MR) is 74.3 cm³/mol. The number of benzene rings is 1. The van der Waals surface area contributed by atoms with E-state index in [1.54, 1.807) is 6.07 Å². The van der Waals surface area contributed by atoms with E-state index in [0.717, 1.165) is 11.3 Å². The maximum atomic E-state index is 11.5. The van der Waals surface area contributed by atoms with Crippen LogP contribution in [0.4, 0.5) is 5.69 Å². The maximum absolute atomic E-state index is 11.5. The lowest BCUT2D eigenvalue weighted by molar-refractivity contribution is -0.144. The van der Waals surface area contributed by atoms with Gasteiger partial charge < -0.3 is 15.4 Å². The van der Waals surface area contributed by atoms with E-state index in [0.29, 0.717) is 5.02 Å². The van der Waals surface area contributed by atoms with E-state index < -0.39 is 12.0 Å². The fraction of sp³-hybridized carbons (Fsp3) is 0.385. The second kappa shape index (κ2) is 6.99. The number of rotatable bonds is 5. The van der Waals surface area contributed by atoms with Gasteiger partial charge in [0.2, 0.25) is 5.91 Å². The lowest BCUT2D eigenvalue weighted by atomic mass is 10.2. The number of hydrogen-bond donors (Lipinski definition) is 2. The Morgan fingerprint density at radius 2 is 2.11 bits per heavy atom. The molecular formula is C13H17ClN2O3. The summed E-state index contributed by atoms with van der Waals surface area (Å²) in [6.45, 7) is 3.50. The van der Waals surface area contributed by atoms with Crippen molar-refractivity contribution in [3.63, 3.8) is 0 Å². The summed E-state index contributed by atoms with van der Waals surface area (Å²) in [6, 6.07) is 4.66. The van der Waals surface area contributed by atoms with Crippen molar-refractivity contribution >= 4 is 29.2 Å². The first-order valence-electron chi connectivity index (χ1n) is 5.79. The number of carbonyl (C=O) groups excluding carboxylic acids is 2. The van der Waals surface area contributed by atoms with Crippen LogP contribution in [-0.2, 0) is 14.3 Å². The topological polar surface area (TPSA) is 67.4 Å². The lowest BCUT2D eigenvalue weighted by Crippen LogP contribution is -2.45. The van der Waals surface area contributed by atoms with E-state index in [4.69, 9.17) is 11.6 Å².